The summed E-state index contributed by atoms with van der Waals surface area (Å²) in [5, 5.41) is 26.9. The van der Waals surface area contributed by atoms with Gasteiger partial charge in [0.05, 0.1) is 11.5 Å². The van der Waals surface area contributed by atoms with E-state index in [9.17, 15) is 19.8 Å². The molecule has 1 N–H and O–H groups in total. The molecular weight excluding hydrogens is 489 g/mol. The summed E-state index contributed by atoms with van der Waals surface area (Å²) in [6.07, 6.45) is 0. The summed E-state index contributed by atoms with van der Waals surface area (Å²) < 4.78 is 4.77. The molecule has 5 rings (SSSR count). The molecule has 0 spiro atoms. The first-order chi connectivity index (χ1) is 16.7. The number of aromatic nitrogens is 1. The molecule has 2 aliphatic rings. The van der Waals surface area contributed by atoms with Gasteiger partial charge in [0.1, 0.15) is 22.9 Å². The van der Waals surface area contributed by atoms with Gasteiger partial charge in [0, 0.05) is 4.75 Å². The van der Waals surface area contributed by atoms with Crippen LogP contribution < -0.4 is 34.7 Å². The average Bonchev–Trinajstić information content (AvgIpc) is 3.33. The van der Waals surface area contributed by atoms with Crippen LogP contribution in [-0.4, -0.2) is 55.1 Å². The standard InChI is InChI=1S/C26H25N3O5S.Na/c1-14-17(22(30)27-20-23(31)29-21(25(32)33)26(2,3)35-24(20)29)19(28-34-14)18(15-10-6-4-7-11-15)16-12-8-5-9-13-16;/h4-13,18,20-21,24H,1-3H3,(H,27,30)(H,32,33);/q;+1/p-1/t20?,21-,24+;/m0./s1. The summed E-state index contributed by atoms with van der Waals surface area (Å²) >= 11 is 1.35. The zero-order chi connectivity index (χ0) is 24.9. The number of hydrogen-bond donors (Lipinski definition) is 1. The molecule has 2 aliphatic heterocycles. The molecule has 1 amide bonds. The minimum Gasteiger partial charge on any atom is -0.858 e. The number of thioether (sulfide) groups is 1. The van der Waals surface area contributed by atoms with Crippen LogP contribution >= 0.6 is 11.8 Å². The normalized spacial score (nSPS) is 22.7. The maximum absolute atomic E-state index is 13.5. The van der Waals surface area contributed by atoms with Gasteiger partial charge in [0.2, 0.25) is 0 Å². The Bertz CT molecular complexity index is 1270. The van der Waals surface area contributed by atoms with Crippen LogP contribution in [0.5, 0.6) is 0 Å². The fraction of sp³-hybridized carbons (Fsp3) is 0.308. The number of carboxylic acids is 1. The molecule has 2 saturated heterocycles. The number of hydrogen-bond acceptors (Lipinski definition) is 7. The van der Waals surface area contributed by atoms with Crippen molar-refractivity contribution in [2.75, 3.05) is 0 Å². The predicted molar refractivity (Wildman–Crippen MR) is 129 cm³/mol. The third-order valence-corrected chi connectivity index (χ3v) is 8.10. The summed E-state index contributed by atoms with van der Waals surface area (Å²) in [6, 6.07) is 17.5. The van der Waals surface area contributed by atoms with Gasteiger partial charge in [-0.3, -0.25) is 9.79 Å². The van der Waals surface area contributed by atoms with Crippen molar-refractivity contribution in [3.8, 4) is 0 Å². The van der Waals surface area contributed by atoms with Gasteiger partial charge in [0.25, 0.3) is 5.91 Å². The number of β-lactam (4-membered cyclic amide) rings is 1. The predicted octanol–water partition coefficient (Wildman–Crippen LogP) is -0.210. The topological polar surface area (TPSA) is 119 Å². The number of carbonyl (C=O) groups is 2. The number of rotatable bonds is 6. The van der Waals surface area contributed by atoms with Crippen LogP contribution in [0.15, 0.2) is 70.2 Å². The summed E-state index contributed by atoms with van der Waals surface area (Å²) in [6.45, 7) is 5.22. The maximum Gasteiger partial charge on any atom is 1.00 e. The van der Waals surface area contributed by atoms with Crippen molar-refractivity contribution >= 4 is 29.5 Å². The van der Waals surface area contributed by atoms with Crippen LogP contribution in [0.25, 0.3) is 0 Å². The second-order valence-electron chi connectivity index (χ2n) is 9.23. The largest absolute Gasteiger partial charge is 1.00 e. The summed E-state index contributed by atoms with van der Waals surface area (Å²) in [7, 11) is 0. The second-order valence-corrected chi connectivity index (χ2v) is 11.0. The fourth-order valence-corrected chi connectivity index (χ4v) is 6.56. The Morgan fingerprint density at radius 1 is 1.14 bits per heavy atom. The van der Waals surface area contributed by atoms with E-state index in [-0.39, 0.29) is 41.0 Å². The number of nitrogens with zero attached hydrogens (tertiary/aromatic N) is 3. The van der Waals surface area contributed by atoms with Crippen molar-refractivity contribution in [2.24, 2.45) is 4.99 Å². The molecule has 3 heterocycles. The minimum absolute atomic E-state index is 0. The summed E-state index contributed by atoms with van der Waals surface area (Å²) in [5.41, 5.74) is 2.53. The van der Waals surface area contributed by atoms with Crippen LogP contribution in [0.1, 0.15) is 47.9 Å². The third-order valence-electron chi connectivity index (χ3n) is 6.55. The van der Waals surface area contributed by atoms with E-state index in [4.69, 9.17) is 4.52 Å². The zero-order valence-corrected chi connectivity index (χ0v) is 23.2. The molecule has 0 aliphatic carbocycles. The monoisotopic (exact) mass is 513 g/mol. The Labute approximate surface area is 235 Å². The van der Waals surface area contributed by atoms with Crippen LogP contribution in [0.3, 0.4) is 0 Å². The first-order valence-electron chi connectivity index (χ1n) is 11.2. The van der Waals surface area contributed by atoms with E-state index in [1.165, 1.54) is 16.7 Å². The molecule has 0 radical (unpaired) electrons. The quantitative estimate of drug-likeness (QED) is 0.210. The summed E-state index contributed by atoms with van der Waals surface area (Å²) in [4.78, 5) is 30.2. The van der Waals surface area contributed by atoms with Crippen LogP contribution in [0.2, 0.25) is 0 Å². The number of fused-ring (bicyclic) bond motifs is 1. The van der Waals surface area contributed by atoms with Crippen molar-refractivity contribution in [3.63, 3.8) is 0 Å². The Morgan fingerprint density at radius 3 is 2.22 bits per heavy atom. The smallest absolute Gasteiger partial charge is 0.858 e. The molecular formula is C26H24N3NaO5S. The van der Waals surface area contributed by atoms with E-state index in [1.807, 2.05) is 60.7 Å². The van der Waals surface area contributed by atoms with E-state index in [2.05, 4.69) is 10.1 Å². The summed E-state index contributed by atoms with van der Waals surface area (Å²) in [5.74, 6) is -2.15. The number of aliphatic imine (C=N–C) groups is 1. The number of aryl methyl sites for hydroxylation is 1. The van der Waals surface area contributed by atoms with Crippen LogP contribution in [-0.2, 0) is 9.59 Å². The maximum atomic E-state index is 13.5. The number of carboxylic acid groups (broad SMARTS) is 1. The van der Waals surface area contributed by atoms with Gasteiger partial charge in [-0.15, -0.1) is 11.8 Å². The zero-order valence-electron chi connectivity index (χ0n) is 20.4. The van der Waals surface area contributed by atoms with E-state index in [0.29, 0.717) is 11.5 Å². The fourth-order valence-electron chi connectivity index (χ4n) is 4.95. The number of carbonyl (C=O) groups excluding carboxylic acids is 1. The Morgan fingerprint density at radius 2 is 1.69 bits per heavy atom. The van der Waals surface area contributed by atoms with Crippen molar-refractivity contribution in [3.05, 3.63) is 88.8 Å². The van der Waals surface area contributed by atoms with Gasteiger partial charge < -0.3 is 19.6 Å². The molecule has 1 aromatic heterocycles. The minimum atomic E-state index is -1.06. The molecule has 180 valence electrons. The van der Waals surface area contributed by atoms with Gasteiger partial charge in [-0.25, -0.2) is 4.79 Å². The van der Waals surface area contributed by atoms with Gasteiger partial charge in [-0.2, -0.15) is 0 Å². The van der Waals surface area contributed by atoms with E-state index in [0.717, 1.165) is 11.1 Å². The first-order valence-corrected chi connectivity index (χ1v) is 12.1. The molecule has 0 saturated carbocycles. The Balaban J connectivity index is 0.00000304. The van der Waals surface area contributed by atoms with Crippen molar-refractivity contribution in [2.45, 2.75) is 48.9 Å². The molecule has 2 aromatic carbocycles. The van der Waals surface area contributed by atoms with Crippen molar-refractivity contribution in [1.82, 2.24) is 10.1 Å². The van der Waals surface area contributed by atoms with Gasteiger partial charge >= 0.3 is 35.5 Å². The van der Waals surface area contributed by atoms with Crippen molar-refractivity contribution < 1.29 is 53.9 Å². The molecule has 2 fully saturated rings. The number of benzene rings is 2. The van der Waals surface area contributed by atoms with E-state index in [1.54, 1.807) is 20.8 Å². The van der Waals surface area contributed by atoms with Gasteiger partial charge in [-0.05, 0) is 37.8 Å². The number of amides is 1. The molecule has 8 nitrogen and oxygen atoms in total. The molecule has 3 atom stereocenters. The Kier molecular flexibility index (Phi) is 7.39. The first kappa shape index (κ1) is 26.5. The molecule has 36 heavy (non-hydrogen) atoms. The van der Waals surface area contributed by atoms with E-state index >= 15 is 0 Å². The molecule has 10 heteroatoms. The number of aliphatic carboxylic acids is 1. The van der Waals surface area contributed by atoms with Crippen molar-refractivity contribution in [1.29, 1.82) is 0 Å². The average molecular weight is 514 g/mol. The van der Waals surface area contributed by atoms with Crippen LogP contribution in [0.4, 0.5) is 0 Å². The molecule has 1 unspecified atom stereocenters. The third kappa shape index (κ3) is 4.38. The van der Waals surface area contributed by atoms with E-state index < -0.39 is 40.0 Å². The van der Waals surface area contributed by atoms with Crippen LogP contribution in [0, 0.1) is 6.92 Å². The molecule has 3 aromatic rings. The molecule has 0 bridgehead atoms. The van der Waals surface area contributed by atoms with Gasteiger partial charge in [-0.1, -0.05) is 65.8 Å². The second kappa shape index (κ2) is 10.0. The SMILES string of the molecule is Cc1onc(C(c2ccccc2)c2ccccc2)c1C([O-])=NC1C(=O)N2[C@@H]1SC(C)(C)[C@@H]2C(=O)O.[Na+]. The van der Waals surface area contributed by atoms with Gasteiger partial charge in [0.15, 0.2) is 6.04 Å². The Hall–Kier alpha value is -2.59.